The number of carbonyl (C=O) groups excluding carboxylic acids is 2. The minimum atomic E-state index is -0.919. The summed E-state index contributed by atoms with van der Waals surface area (Å²) in [7, 11) is 1.27. The summed E-state index contributed by atoms with van der Waals surface area (Å²) in [4.78, 5) is 28.5. The molecule has 162 valence electrons. The van der Waals surface area contributed by atoms with E-state index in [9.17, 15) is 9.59 Å². The highest BCUT2D eigenvalue weighted by Gasteiger charge is 2.24. The van der Waals surface area contributed by atoms with E-state index in [0.29, 0.717) is 12.3 Å². The maximum atomic E-state index is 12.2. The van der Waals surface area contributed by atoms with E-state index in [4.69, 9.17) is 14.2 Å². The van der Waals surface area contributed by atoms with Crippen molar-refractivity contribution >= 4 is 12.1 Å². The second-order valence-corrected chi connectivity index (χ2v) is 6.80. The first-order chi connectivity index (χ1) is 15.2. The Morgan fingerprint density at radius 2 is 1.65 bits per heavy atom. The predicted molar refractivity (Wildman–Crippen MR) is 113 cm³/mol. The number of hydrogen-bond acceptors (Lipinski definition) is 6. The normalized spacial score (nSPS) is 11.5. The van der Waals surface area contributed by atoms with Crippen LogP contribution in [0, 0.1) is 0 Å². The standard InChI is InChI=1S/C23H25N3O5/c1-29-22(27)21(25-23(28)31-15-19-10-6-3-7-11-19)12-20-13-24-16-26(20)17-30-14-18-8-4-2-5-9-18/h2-11,13,16,21H,12,14-15,17H2,1H3,(H,25,28). The molecule has 0 aliphatic rings. The molecule has 2 aromatic carbocycles. The van der Waals surface area contributed by atoms with E-state index in [1.165, 1.54) is 7.11 Å². The van der Waals surface area contributed by atoms with Gasteiger partial charge in [0.2, 0.25) is 0 Å². The van der Waals surface area contributed by atoms with E-state index in [-0.39, 0.29) is 19.8 Å². The first-order valence-electron chi connectivity index (χ1n) is 9.81. The molecule has 31 heavy (non-hydrogen) atoms. The number of hydrogen-bond donors (Lipinski definition) is 1. The molecule has 0 aliphatic heterocycles. The molecular weight excluding hydrogens is 398 g/mol. The smallest absolute Gasteiger partial charge is 0.408 e. The molecule has 0 radical (unpaired) electrons. The van der Waals surface area contributed by atoms with Crippen molar-refractivity contribution in [1.29, 1.82) is 0 Å². The van der Waals surface area contributed by atoms with Crippen molar-refractivity contribution in [3.05, 3.63) is 90.0 Å². The van der Waals surface area contributed by atoms with Crippen molar-refractivity contribution in [2.75, 3.05) is 7.11 Å². The van der Waals surface area contributed by atoms with Crippen LogP contribution in [0.25, 0.3) is 0 Å². The summed E-state index contributed by atoms with van der Waals surface area (Å²) in [5.41, 5.74) is 2.62. The number of benzene rings is 2. The summed E-state index contributed by atoms with van der Waals surface area (Å²) in [6.45, 7) is 0.811. The fourth-order valence-electron chi connectivity index (χ4n) is 2.92. The molecule has 8 nitrogen and oxygen atoms in total. The highest BCUT2D eigenvalue weighted by Crippen LogP contribution is 2.08. The van der Waals surface area contributed by atoms with Gasteiger partial charge in [0.05, 0.1) is 20.0 Å². The van der Waals surface area contributed by atoms with Crippen molar-refractivity contribution in [2.45, 2.75) is 32.4 Å². The number of alkyl carbamates (subject to hydrolysis) is 1. The molecule has 0 saturated heterocycles. The van der Waals surface area contributed by atoms with Crippen LogP contribution in [0.3, 0.4) is 0 Å². The molecule has 0 aliphatic carbocycles. The molecule has 1 N–H and O–H groups in total. The quantitative estimate of drug-likeness (QED) is 0.504. The lowest BCUT2D eigenvalue weighted by atomic mass is 10.1. The molecular formula is C23H25N3O5. The lowest BCUT2D eigenvalue weighted by Crippen LogP contribution is -2.43. The molecule has 3 rings (SSSR count). The van der Waals surface area contributed by atoms with Gasteiger partial charge in [0.15, 0.2) is 0 Å². The van der Waals surface area contributed by atoms with E-state index in [0.717, 1.165) is 11.1 Å². The van der Waals surface area contributed by atoms with Gasteiger partial charge >= 0.3 is 12.1 Å². The number of esters is 1. The van der Waals surface area contributed by atoms with Crippen molar-refractivity contribution in [3.63, 3.8) is 0 Å². The lowest BCUT2D eigenvalue weighted by Gasteiger charge is -2.17. The number of amides is 1. The van der Waals surface area contributed by atoms with Crippen LogP contribution in [0.2, 0.25) is 0 Å². The second-order valence-electron chi connectivity index (χ2n) is 6.80. The van der Waals surface area contributed by atoms with E-state index in [1.807, 2.05) is 60.7 Å². The van der Waals surface area contributed by atoms with Gasteiger partial charge in [0.25, 0.3) is 0 Å². The first kappa shape index (κ1) is 22.0. The van der Waals surface area contributed by atoms with E-state index >= 15 is 0 Å². The summed E-state index contributed by atoms with van der Waals surface area (Å²) in [6.07, 6.45) is 2.72. The highest BCUT2D eigenvalue weighted by molar-refractivity contribution is 5.81. The highest BCUT2D eigenvalue weighted by atomic mass is 16.6. The van der Waals surface area contributed by atoms with Gasteiger partial charge in [-0.05, 0) is 11.1 Å². The van der Waals surface area contributed by atoms with Gasteiger partial charge in [-0.15, -0.1) is 0 Å². The Morgan fingerprint density at radius 3 is 2.29 bits per heavy atom. The molecule has 1 atom stereocenters. The fraction of sp³-hybridized carbons (Fsp3) is 0.261. The average molecular weight is 423 g/mol. The van der Waals surface area contributed by atoms with Crippen molar-refractivity contribution in [3.8, 4) is 0 Å². The number of methoxy groups -OCH3 is 1. The SMILES string of the molecule is COC(=O)C(Cc1cncn1COCc1ccccc1)NC(=O)OCc1ccccc1. The second kappa shape index (κ2) is 11.5. The molecule has 0 saturated carbocycles. The first-order valence-corrected chi connectivity index (χ1v) is 9.81. The Balaban J connectivity index is 1.55. The molecule has 3 aromatic rings. The number of carbonyl (C=O) groups is 2. The maximum absolute atomic E-state index is 12.2. The van der Waals surface area contributed by atoms with Crippen LogP contribution < -0.4 is 5.32 Å². The fourth-order valence-corrected chi connectivity index (χ4v) is 2.92. The molecule has 8 heteroatoms. The molecule has 1 aromatic heterocycles. The van der Waals surface area contributed by atoms with E-state index in [1.54, 1.807) is 17.1 Å². The van der Waals surface area contributed by atoms with Crippen LogP contribution in [0.1, 0.15) is 16.8 Å². The number of aromatic nitrogens is 2. The number of rotatable bonds is 10. The number of imidazole rings is 1. The van der Waals surface area contributed by atoms with E-state index < -0.39 is 18.1 Å². The Labute approximate surface area is 180 Å². The largest absolute Gasteiger partial charge is 0.467 e. The Morgan fingerprint density at radius 1 is 1.00 bits per heavy atom. The van der Waals surface area contributed by atoms with Gasteiger partial charge in [-0.2, -0.15) is 0 Å². The Kier molecular flexibility index (Phi) is 8.19. The molecule has 0 fully saturated rings. The Hall–Kier alpha value is -3.65. The zero-order chi connectivity index (χ0) is 21.9. The van der Waals surface area contributed by atoms with Gasteiger partial charge < -0.3 is 24.1 Å². The third-order valence-corrected chi connectivity index (χ3v) is 4.54. The minimum Gasteiger partial charge on any atom is -0.467 e. The predicted octanol–water partition coefficient (Wildman–Crippen LogP) is 3.07. The van der Waals surface area contributed by atoms with Gasteiger partial charge in [-0.1, -0.05) is 60.7 Å². The van der Waals surface area contributed by atoms with Crippen LogP contribution in [0.5, 0.6) is 0 Å². The number of nitrogens with zero attached hydrogens (tertiary/aromatic N) is 2. The summed E-state index contributed by atoms with van der Waals surface area (Å²) in [5.74, 6) is -0.574. The molecule has 0 spiro atoms. The number of nitrogens with one attached hydrogen (secondary N) is 1. The van der Waals surface area contributed by atoms with Crippen LogP contribution in [0.4, 0.5) is 4.79 Å². The van der Waals surface area contributed by atoms with Crippen LogP contribution in [-0.2, 0) is 45.4 Å². The van der Waals surface area contributed by atoms with Crippen LogP contribution in [0.15, 0.2) is 73.2 Å². The maximum Gasteiger partial charge on any atom is 0.408 e. The molecule has 0 bridgehead atoms. The van der Waals surface area contributed by atoms with Gasteiger partial charge in [0, 0.05) is 18.3 Å². The third-order valence-electron chi connectivity index (χ3n) is 4.54. The van der Waals surface area contributed by atoms with Gasteiger partial charge in [-0.25, -0.2) is 14.6 Å². The van der Waals surface area contributed by atoms with Crippen LogP contribution in [-0.4, -0.2) is 34.8 Å². The molecule has 1 heterocycles. The topological polar surface area (TPSA) is 91.7 Å². The lowest BCUT2D eigenvalue weighted by molar-refractivity contribution is -0.143. The zero-order valence-corrected chi connectivity index (χ0v) is 17.3. The van der Waals surface area contributed by atoms with Crippen molar-refractivity contribution in [1.82, 2.24) is 14.9 Å². The molecule has 1 amide bonds. The monoisotopic (exact) mass is 423 g/mol. The summed E-state index contributed by atoms with van der Waals surface area (Å²) in [5, 5.41) is 2.57. The zero-order valence-electron chi connectivity index (χ0n) is 17.3. The average Bonchev–Trinajstić information content (AvgIpc) is 3.25. The summed E-state index contributed by atoms with van der Waals surface area (Å²) >= 11 is 0. The number of ether oxygens (including phenoxy) is 3. The Bertz CT molecular complexity index is 960. The summed E-state index contributed by atoms with van der Waals surface area (Å²) in [6, 6.07) is 18.2. The van der Waals surface area contributed by atoms with Crippen molar-refractivity contribution in [2.24, 2.45) is 0 Å². The summed E-state index contributed by atoms with van der Waals surface area (Å²) < 4.78 is 17.6. The molecule has 1 unspecified atom stereocenters. The van der Waals surface area contributed by atoms with Crippen molar-refractivity contribution < 1.29 is 23.8 Å². The third kappa shape index (κ3) is 6.97. The van der Waals surface area contributed by atoms with Crippen LogP contribution >= 0.6 is 0 Å². The van der Waals surface area contributed by atoms with Gasteiger partial charge in [-0.3, -0.25) is 0 Å². The minimum absolute atomic E-state index is 0.103. The van der Waals surface area contributed by atoms with E-state index in [2.05, 4.69) is 10.3 Å². The van der Waals surface area contributed by atoms with Gasteiger partial charge in [0.1, 0.15) is 19.4 Å².